The van der Waals surface area contributed by atoms with Gasteiger partial charge >= 0.3 is 6.09 Å². The molecule has 1 amide bonds. The summed E-state index contributed by atoms with van der Waals surface area (Å²) in [4.78, 5) is 12.0. The van der Waals surface area contributed by atoms with Crippen LogP contribution in [0.3, 0.4) is 0 Å². The Labute approximate surface area is 262 Å². The third kappa shape index (κ3) is 7.94. The molecule has 0 bridgehead atoms. The van der Waals surface area contributed by atoms with Crippen molar-refractivity contribution >= 4 is 15.9 Å². The van der Waals surface area contributed by atoms with Crippen LogP contribution in [0.25, 0.3) is 0 Å². The lowest BCUT2D eigenvalue weighted by molar-refractivity contribution is -0.0747. The highest BCUT2D eigenvalue weighted by Crippen LogP contribution is 2.42. The Kier molecular flexibility index (Phi) is 10.9. The molecule has 4 saturated heterocycles. The van der Waals surface area contributed by atoms with Crippen LogP contribution in [0, 0.1) is 17.8 Å². The largest absolute Gasteiger partial charge is 0.444 e. The molecule has 1 aromatic rings. The number of aliphatic hydroxyl groups excluding tert-OH is 1. The van der Waals surface area contributed by atoms with E-state index in [1.807, 2.05) is 13.0 Å². The van der Waals surface area contributed by atoms with Gasteiger partial charge in [-0.15, -0.1) is 0 Å². The van der Waals surface area contributed by atoms with Crippen molar-refractivity contribution in [1.82, 2.24) is 5.32 Å². The van der Waals surface area contributed by atoms with Crippen LogP contribution in [-0.2, 0) is 28.8 Å². The van der Waals surface area contributed by atoms with Crippen LogP contribution in [0.5, 0.6) is 0 Å². The van der Waals surface area contributed by atoms with E-state index < -0.39 is 15.9 Å². The highest BCUT2D eigenvalue weighted by atomic mass is 32.2. The van der Waals surface area contributed by atoms with Gasteiger partial charge < -0.3 is 29.4 Å². The minimum Gasteiger partial charge on any atom is -0.444 e. The van der Waals surface area contributed by atoms with E-state index in [-0.39, 0.29) is 72.8 Å². The van der Waals surface area contributed by atoms with Gasteiger partial charge in [0.1, 0.15) is 6.10 Å². The summed E-state index contributed by atoms with van der Waals surface area (Å²) in [5.74, 6) is -0.0897. The first-order chi connectivity index (χ1) is 21.0. The zero-order valence-corrected chi connectivity index (χ0v) is 26.9. The van der Waals surface area contributed by atoms with Crippen LogP contribution in [-0.4, -0.2) is 81.2 Å². The van der Waals surface area contributed by atoms with Crippen LogP contribution in [0.15, 0.2) is 59.5 Å². The fourth-order valence-corrected chi connectivity index (χ4v) is 9.15. The number of amides is 1. The molecule has 4 fully saturated rings. The number of carbonyl (C=O) groups is 1. The molecule has 5 rings (SSSR count). The maximum atomic E-state index is 13.5. The fourth-order valence-electron chi connectivity index (χ4n) is 7.36. The first-order valence-corrected chi connectivity index (χ1v) is 17.8. The number of alkyl carbamates (subject to hydrolysis) is 1. The number of aliphatic hydroxyl groups is 1. The van der Waals surface area contributed by atoms with Gasteiger partial charge in [0.05, 0.1) is 53.8 Å². The normalized spacial score (nSPS) is 36.0. The van der Waals surface area contributed by atoms with Gasteiger partial charge in [0, 0.05) is 25.4 Å². The molecular weight excluding hydrogens is 582 g/mol. The summed E-state index contributed by atoms with van der Waals surface area (Å²) >= 11 is 0. The molecular formula is C34H49NO8S. The van der Waals surface area contributed by atoms with Crippen LogP contribution >= 0.6 is 0 Å². The lowest BCUT2D eigenvalue weighted by Crippen LogP contribution is -2.38. The summed E-state index contributed by atoms with van der Waals surface area (Å²) in [5, 5.41) is 11.9. The highest BCUT2D eigenvalue weighted by molar-refractivity contribution is 7.91. The molecule has 0 spiro atoms. The Bertz CT molecular complexity index is 1270. The summed E-state index contributed by atoms with van der Waals surface area (Å²) in [7, 11) is -3.56. The van der Waals surface area contributed by atoms with Gasteiger partial charge in [-0.2, -0.15) is 0 Å². The van der Waals surface area contributed by atoms with Gasteiger partial charge in [-0.1, -0.05) is 45.2 Å². The average Bonchev–Trinajstić information content (AvgIpc) is 3.66. The number of hydrogen-bond donors (Lipinski definition) is 2. The second kappa shape index (κ2) is 14.5. The van der Waals surface area contributed by atoms with Crippen LogP contribution in [0.4, 0.5) is 4.79 Å². The SMILES string of the molecule is C=C1C[C@H](CCCO)O[C@H]1CC[C@H]1C[C@@H](C)C(=C)[C@@H](C[C@@H]2O[C@H](C[C@H]3CNC(=O)O3)[C@H](C)[C@H]2CS(=O)(=O)c2ccccc2)O1. The monoisotopic (exact) mass is 631 g/mol. The molecule has 0 unspecified atom stereocenters. The molecule has 9 nitrogen and oxygen atoms in total. The number of nitrogens with one attached hydrogen (secondary N) is 1. The Morgan fingerprint density at radius 2 is 1.68 bits per heavy atom. The number of benzene rings is 1. The van der Waals surface area contributed by atoms with E-state index in [2.05, 4.69) is 25.4 Å². The predicted octanol–water partition coefficient (Wildman–Crippen LogP) is 4.98. The van der Waals surface area contributed by atoms with E-state index in [9.17, 15) is 18.3 Å². The fraction of sp³-hybridized carbons (Fsp3) is 0.676. The zero-order chi connectivity index (χ0) is 31.4. The molecule has 4 aliphatic heterocycles. The lowest BCUT2D eigenvalue weighted by Gasteiger charge is -2.38. The standard InChI is InChI=1S/C34H49NO8S/c1-21-15-26(12-13-30-22(2)16-25(40-30)9-8-14-36)41-32(23(21)3)18-33-29(20-44(38,39)28-10-6-5-7-11-28)24(4)31(43-33)17-27-19-35-34(37)42-27/h5-7,10-11,21,24-27,29-33,36H,2-3,8-9,12-20H2,1,4H3,(H,35,37)/t21-,24-,25+,26+,27+,29-,30+,31-,32-,33+/m1/s1. The lowest BCUT2D eigenvalue weighted by atomic mass is 9.82. The minimum absolute atomic E-state index is 0.00713. The van der Waals surface area contributed by atoms with Crippen molar-refractivity contribution in [2.24, 2.45) is 17.8 Å². The number of hydrogen-bond acceptors (Lipinski definition) is 8. The van der Waals surface area contributed by atoms with E-state index in [1.165, 1.54) is 0 Å². The van der Waals surface area contributed by atoms with E-state index in [0.717, 1.165) is 49.7 Å². The van der Waals surface area contributed by atoms with Crippen LogP contribution in [0.1, 0.15) is 65.2 Å². The average molecular weight is 632 g/mol. The van der Waals surface area contributed by atoms with Crippen molar-refractivity contribution in [2.45, 2.75) is 113 Å². The van der Waals surface area contributed by atoms with Crippen molar-refractivity contribution < 1.29 is 37.3 Å². The topological polar surface area (TPSA) is 120 Å². The minimum atomic E-state index is -3.56. The number of ether oxygens (including phenoxy) is 4. The van der Waals surface area contributed by atoms with E-state index in [1.54, 1.807) is 24.3 Å². The number of sulfone groups is 1. The Morgan fingerprint density at radius 3 is 2.39 bits per heavy atom. The Balaban J connectivity index is 1.26. The van der Waals surface area contributed by atoms with Crippen LogP contribution < -0.4 is 5.32 Å². The van der Waals surface area contributed by atoms with Crippen molar-refractivity contribution in [2.75, 3.05) is 18.9 Å². The van der Waals surface area contributed by atoms with E-state index in [0.29, 0.717) is 24.3 Å². The molecule has 44 heavy (non-hydrogen) atoms. The molecule has 244 valence electrons. The van der Waals surface area contributed by atoms with E-state index >= 15 is 0 Å². The maximum Gasteiger partial charge on any atom is 0.407 e. The summed E-state index contributed by atoms with van der Waals surface area (Å²) in [6.45, 7) is 13.5. The maximum absolute atomic E-state index is 13.5. The second-order valence-corrected chi connectivity index (χ2v) is 15.3. The first-order valence-electron chi connectivity index (χ1n) is 16.2. The quantitative estimate of drug-likeness (QED) is 0.293. The van der Waals surface area contributed by atoms with Gasteiger partial charge in [-0.25, -0.2) is 13.2 Å². The zero-order valence-electron chi connectivity index (χ0n) is 26.1. The number of rotatable bonds is 13. The molecule has 1 aromatic carbocycles. The molecule has 4 heterocycles. The Hall–Kier alpha value is -2.24. The first kappa shape index (κ1) is 33.1. The highest BCUT2D eigenvalue weighted by Gasteiger charge is 2.47. The molecule has 0 radical (unpaired) electrons. The molecule has 4 aliphatic rings. The van der Waals surface area contributed by atoms with Crippen LogP contribution in [0.2, 0.25) is 0 Å². The third-order valence-electron chi connectivity index (χ3n) is 10.0. The number of cyclic esters (lactones) is 1. The third-order valence-corrected chi connectivity index (χ3v) is 11.9. The molecule has 2 N–H and O–H groups in total. The predicted molar refractivity (Wildman–Crippen MR) is 167 cm³/mol. The molecule has 10 heteroatoms. The van der Waals surface area contributed by atoms with Gasteiger partial charge in [0.15, 0.2) is 9.84 Å². The number of carbonyl (C=O) groups excluding carboxylic acids is 1. The van der Waals surface area contributed by atoms with Gasteiger partial charge in [0.25, 0.3) is 0 Å². The summed E-state index contributed by atoms with van der Waals surface area (Å²) in [6, 6.07) is 8.57. The van der Waals surface area contributed by atoms with Crippen molar-refractivity contribution in [3.05, 3.63) is 54.6 Å². The smallest absolute Gasteiger partial charge is 0.407 e. The summed E-state index contributed by atoms with van der Waals surface area (Å²) in [5.41, 5.74) is 2.13. The van der Waals surface area contributed by atoms with Crippen molar-refractivity contribution in [3.8, 4) is 0 Å². The van der Waals surface area contributed by atoms with Gasteiger partial charge in [0.2, 0.25) is 0 Å². The summed E-state index contributed by atoms with van der Waals surface area (Å²) < 4.78 is 52.0. The summed E-state index contributed by atoms with van der Waals surface area (Å²) in [6.07, 6.45) is 4.56. The van der Waals surface area contributed by atoms with Crippen molar-refractivity contribution in [3.63, 3.8) is 0 Å². The Morgan fingerprint density at radius 1 is 0.932 bits per heavy atom. The molecule has 0 saturated carbocycles. The van der Waals surface area contributed by atoms with Crippen molar-refractivity contribution in [1.29, 1.82) is 0 Å². The van der Waals surface area contributed by atoms with Gasteiger partial charge in [-0.05, 0) is 73.6 Å². The molecule has 10 atom stereocenters. The molecule has 0 aliphatic carbocycles. The van der Waals surface area contributed by atoms with Gasteiger partial charge in [-0.3, -0.25) is 0 Å². The second-order valence-electron chi connectivity index (χ2n) is 13.2. The molecule has 0 aromatic heterocycles. The van der Waals surface area contributed by atoms with E-state index in [4.69, 9.17) is 18.9 Å².